The van der Waals surface area contributed by atoms with Gasteiger partial charge in [0.25, 0.3) is 0 Å². The minimum Gasteiger partial charge on any atom is -0.494 e. The fourth-order valence-corrected chi connectivity index (χ4v) is 6.16. The topological polar surface area (TPSA) is 170 Å². The number of carboxylic acids is 1. The Kier molecular flexibility index (Phi) is 11.6. The average molecular weight is 673 g/mol. The van der Waals surface area contributed by atoms with Gasteiger partial charge in [0.2, 0.25) is 17.7 Å². The lowest BCUT2D eigenvalue weighted by Crippen LogP contribution is -2.54. The normalized spacial score (nSPS) is 23.0. The number of nitrogens with two attached hydrogens (primary N) is 1. The largest absolute Gasteiger partial charge is 0.494 e. The number of aromatic nitrogens is 1. The van der Waals surface area contributed by atoms with Crippen molar-refractivity contribution in [2.24, 2.45) is 23.5 Å². The second kappa shape index (κ2) is 15.2. The van der Waals surface area contributed by atoms with Crippen molar-refractivity contribution in [2.75, 3.05) is 13.7 Å². The fourth-order valence-electron chi connectivity index (χ4n) is 5.99. The Morgan fingerprint density at radius 3 is 2.57 bits per heavy atom. The van der Waals surface area contributed by atoms with Crippen LogP contribution < -0.4 is 20.5 Å². The van der Waals surface area contributed by atoms with E-state index in [1.54, 1.807) is 45.9 Å². The number of likely N-dealkylation sites (tertiary alicyclic amines) is 1. The molecule has 4 rings (SSSR count). The van der Waals surface area contributed by atoms with Gasteiger partial charge in [-0.3, -0.25) is 14.4 Å². The molecule has 1 aromatic carbocycles. The van der Waals surface area contributed by atoms with E-state index in [9.17, 15) is 19.2 Å². The van der Waals surface area contributed by atoms with Crippen LogP contribution in [-0.2, 0) is 19.1 Å². The van der Waals surface area contributed by atoms with Crippen molar-refractivity contribution in [3.05, 3.63) is 41.6 Å². The number of nitrogens with zero attached hydrogens (tertiary/aromatic N) is 2. The molecule has 47 heavy (non-hydrogen) atoms. The van der Waals surface area contributed by atoms with Crippen LogP contribution in [0.15, 0.2) is 36.5 Å². The number of methoxy groups -OCH3 is 1. The van der Waals surface area contributed by atoms with Crippen LogP contribution in [0.3, 0.4) is 0 Å². The molecular formula is C34H45ClN4O8. The van der Waals surface area contributed by atoms with E-state index >= 15 is 0 Å². The summed E-state index contributed by atoms with van der Waals surface area (Å²) in [4.78, 5) is 56.4. The van der Waals surface area contributed by atoms with Gasteiger partial charge in [0.1, 0.15) is 29.5 Å². The molecule has 1 aliphatic carbocycles. The molecule has 0 bridgehead atoms. The summed E-state index contributed by atoms with van der Waals surface area (Å²) in [6.45, 7) is 7.02. The van der Waals surface area contributed by atoms with Crippen LogP contribution in [0.4, 0.5) is 4.79 Å². The highest BCUT2D eigenvalue weighted by Gasteiger charge is 2.48. The highest BCUT2D eigenvalue weighted by molar-refractivity contribution is 6.31. The van der Waals surface area contributed by atoms with Gasteiger partial charge in [-0.15, -0.1) is 0 Å². The number of ether oxygens (including phenoxy) is 3. The number of halogens is 1. The number of hydrogen-bond donors (Lipinski definition) is 3. The number of alkyl carbamates (subject to hydrolysis) is 1. The van der Waals surface area contributed by atoms with E-state index in [0.29, 0.717) is 35.4 Å². The molecule has 3 amide bonds. The monoisotopic (exact) mass is 672 g/mol. The summed E-state index contributed by atoms with van der Waals surface area (Å²) in [6.07, 6.45) is 8.14. The van der Waals surface area contributed by atoms with E-state index in [1.807, 2.05) is 12.2 Å². The quantitative estimate of drug-likeness (QED) is 0.183. The van der Waals surface area contributed by atoms with Crippen molar-refractivity contribution < 1.29 is 38.5 Å². The van der Waals surface area contributed by atoms with Gasteiger partial charge in [0.05, 0.1) is 25.8 Å². The number of carbonyl (C=O) groups is 4. The van der Waals surface area contributed by atoms with Gasteiger partial charge < -0.3 is 35.3 Å². The van der Waals surface area contributed by atoms with Crippen molar-refractivity contribution in [1.82, 2.24) is 15.2 Å². The first-order valence-corrected chi connectivity index (χ1v) is 16.4. The van der Waals surface area contributed by atoms with E-state index in [4.69, 9.17) is 36.7 Å². The van der Waals surface area contributed by atoms with E-state index in [2.05, 4.69) is 10.3 Å². The summed E-state index contributed by atoms with van der Waals surface area (Å²) in [5.41, 5.74) is 5.06. The SMILES string of the molecule is COc1cnc(O[C@H]2CN(C(=O)[C@H](CCCCC/C=C\[C@@H]3C[C@@H]3C(=O)O)NC(=O)OC(C)(C)C)[C@H](C(N)=O)[C@@H]2C)c2cc(Cl)ccc12. The summed E-state index contributed by atoms with van der Waals surface area (Å²) in [6, 6.07) is 3.30. The number of primary amides is 1. The van der Waals surface area contributed by atoms with Crippen molar-refractivity contribution in [2.45, 2.75) is 90.0 Å². The van der Waals surface area contributed by atoms with Gasteiger partial charge in [0.15, 0.2) is 0 Å². The Bertz CT molecular complexity index is 1510. The summed E-state index contributed by atoms with van der Waals surface area (Å²) in [5.74, 6) is -1.74. The van der Waals surface area contributed by atoms with Crippen LogP contribution in [0.5, 0.6) is 11.6 Å². The third-order valence-corrected chi connectivity index (χ3v) is 8.76. The van der Waals surface area contributed by atoms with Gasteiger partial charge in [-0.2, -0.15) is 0 Å². The minimum atomic E-state index is -0.981. The number of hydrogen-bond acceptors (Lipinski definition) is 8. The lowest BCUT2D eigenvalue weighted by atomic mass is 9.99. The Labute approximate surface area is 279 Å². The predicted octanol–water partition coefficient (Wildman–Crippen LogP) is 5.10. The van der Waals surface area contributed by atoms with Crippen LogP contribution in [0.1, 0.15) is 66.2 Å². The molecule has 2 fully saturated rings. The van der Waals surface area contributed by atoms with Crippen LogP contribution in [0.2, 0.25) is 5.02 Å². The second-order valence-corrected chi connectivity index (χ2v) is 13.7. The van der Waals surface area contributed by atoms with Crippen LogP contribution in [0.25, 0.3) is 10.8 Å². The third kappa shape index (κ3) is 9.27. The van der Waals surface area contributed by atoms with Gasteiger partial charge in [-0.1, -0.05) is 43.5 Å². The van der Waals surface area contributed by atoms with E-state index in [-0.39, 0.29) is 24.3 Å². The molecule has 0 radical (unpaired) electrons. The Morgan fingerprint density at radius 2 is 1.94 bits per heavy atom. The molecule has 13 heteroatoms. The summed E-state index contributed by atoms with van der Waals surface area (Å²) in [7, 11) is 1.54. The first-order valence-electron chi connectivity index (χ1n) is 16.0. The molecule has 4 N–H and O–H groups in total. The molecular weight excluding hydrogens is 628 g/mol. The Balaban J connectivity index is 1.46. The minimum absolute atomic E-state index is 0.0408. The number of pyridine rings is 1. The summed E-state index contributed by atoms with van der Waals surface area (Å²) < 4.78 is 17.2. The molecule has 2 aromatic rings. The number of unbranched alkanes of at least 4 members (excludes halogenated alkanes) is 3. The molecule has 256 valence electrons. The number of benzene rings is 1. The molecule has 6 atom stereocenters. The molecule has 1 saturated carbocycles. The van der Waals surface area contributed by atoms with Gasteiger partial charge in [0, 0.05) is 21.7 Å². The van der Waals surface area contributed by atoms with Crippen molar-refractivity contribution in [1.29, 1.82) is 0 Å². The van der Waals surface area contributed by atoms with E-state index in [1.165, 1.54) is 18.2 Å². The standard InChI is InChI=1S/C34H45ClN4O8/c1-19-27(46-30-24-16-21(35)13-14-22(24)26(45-5)17-37-30)18-39(28(19)29(36)40)31(41)25(38-33(44)47-34(2,3)4)12-10-8-6-7-9-11-20-15-23(20)32(42)43/h9,11,13-14,16-17,19-20,23,25,27-28H,6-8,10,12,15,18H2,1-5H3,(H2,36,40)(H,38,44)(H,42,43)/b11-9-/t19-,20-,23+,25+,27+,28+/m1/s1. The maximum absolute atomic E-state index is 14.1. The first-order chi connectivity index (χ1) is 22.2. The molecule has 2 heterocycles. The third-order valence-electron chi connectivity index (χ3n) is 8.52. The van der Waals surface area contributed by atoms with Crippen molar-refractivity contribution in [3.63, 3.8) is 0 Å². The van der Waals surface area contributed by atoms with Gasteiger partial charge in [-0.05, 0) is 70.6 Å². The highest BCUT2D eigenvalue weighted by Crippen LogP contribution is 2.40. The average Bonchev–Trinajstić information content (AvgIpc) is 3.70. The zero-order chi connectivity index (χ0) is 34.5. The first kappa shape index (κ1) is 35.8. The number of nitrogens with one attached hydrogen (secondary N) is 1. The predicted molar refractivity (Wildman–Crippen MR) is 176 cm³/mol. The molecule has 1 saturated heterocycles. The fraction of sp³-hybridized carbons (Fsp3) is 0.559. The van der Waals surface area contributed by atoms with Gasteiger partial charge in [-0.25, -0.2) is 9.78 Å². The number of amides is 3. The number of allylic oxidation sites excluding steroid dienone is 2. The van der Waals surface area contributed by atoms with Crippen LogP contribution in [-0.4, -0.2) is 76.3 Å². The second-order valence-electron chi connectivity index (χ2n) is 13.3. The maximum atomic E-state index is 14.1. The summed E-state index contributed by atoms with van der Waals surface area (Å²) in [5, 5.41) is 13.6. The van der Waals surface area contributed by atoms with Crippen LogP contribution in [0, 0.1) is 17.8 Å². The molecule has 0 unspecified atom stereocenters. The highest BCUT2D eigenvalue weighted by atomic mass is 35.5. The number of carbonyl (C=O) groups excluding carboxylic acids is 3. The Morgan fingerprint density at radius 1 is 1.19 bits per heavy atom. The van der Waals surface area contributed by atoms with E-state index in [0.717, 1.165) is 24.6 Å². The number of aliphatic carboxylic acids is 1. The lowest BCUT2D eigenvalue weighted by Gasteiger charge is -2.29. The number of fused-ring (bicyclic) bond motifs is 1. The number of carboxylic acid groups (broad SMARTS) is 1. The van der Waals surface area contributed by atoms with Crippen molar-refractivity contribution in [3.8, 4) is 11.6 Å². The smallest absolute Gasteiger partial charge is 0.408 e. The van der Waals surface area contributed by atoms with Crippen molar-refractivity contribution >= 4 is 46.3 Å². The number of rotatable bonds is 14. The van der Waals surface area contributed by atoms with E-state index < -0.39 is 53.6 Å². The maximum Gasteiger partial charge on any atom is 0.408 e. The lowest BCUT2D eigenvalue weighted by molar-refractivity contribution is -0.140. The van der Waals surface area contributed by atoms with Crippen LogP contribution >= 0.6 is 11.6 Å². The molecule has 1 aliphatic heterocycles. The molecule has 12 nitrogen and oxygen atoms in total. The zero-order valence-corrected chi connectivity index (χ0v) is 28.3. The Hall–Kier alpha value is -4.06. The molecule has 2 aliphatic rings. The van der Waals surface area contributed by atoms with Gasteiger partial charge >= 0.3 is 12.1 Å². The zero-order valence-electron chi connectivity index (χ0n) is 27.5. The molecule has 0 spiro atoms. The molecule has 1 aromatic heterocycles. The summed E-state index contributed by atoms with van der Waals surface area (Å²) >= 11 is 6.28.